The molecule has 0 unspecified atom stereocenters. The van der Waals surface area contributed by atoms with Gasteiger partial charge in [-0.3, -0.25) is 4.79 Å². The molecule has 6 heteroatoms. The minimum absolute atomic E-state index is 0.0304. The highest BCUT2D eigenvalue weighted by Crippen LogP contribution is 2.26. The number of carbonyl (C=O) groups is 2. The molecular weight excluding hydrogens is 264 g/mol. The standard InChI is InChI=1S/C13H16N2O3S/c16-11(17)7-6-10-8-14-13(19-10)15-12(18)9-4-2-1-3-5-9/h6-9H,1-5H2,(H,16,17)(H,14,15,18)/b7-6+. The van der Waals surface area contributed by atoms with Crippen molar-refractivity contribution in [3.05, 3.63) is 17.2 Å². The zero-order valence-electron chi connectivity index (χ0n) is 10.5. The third kappa shape index (κ3) is 4.17. The van der Waals surface area contributed by atoms with E-state index in [4.69, 9.17) is 5.11 Å². The average molecular weight is 280 g/mol. The van der Waals surface area contributed by atoms with E-state index in [1.165, 1.54) is 23.8 Å². The van der Waals surface area contributed by atoms with Crippen molar-refractivity contribution in [2.75, 3.05) is 5.32 Å². The number of carboxylic acids is 1. The zero-order valence-corrected chi connectivity index (χ0v) is 11.3. The van der Waals surface area contributed by atoms with Crippen LogP contribution in [0.3, 0.4) is 0 Å². The minimum atomic E-state index is -0.999. The second kappa shape index (κ2) is 6.47. The van der Waals surface area contributed by atoms with Crippen LogP contribution in [0.25, 0.3) is 6.08 Å². The maximum absolute atomic E-state index is 12.0. The van der Waals surface area contributed by atoms with Crippen LogP contribution in [0.1, 0.15) is 37.0 Å². The van der Waals surface area contributed by atoms with Crippen molar-refractivity contribution in [3.63, 3.8) is 0 Å². The van der Waals surface area contributed by atoms with Gasteiger partial charge in [0, 0.05) is 23.1 Å². The van der Waals surface area contributed by atoms with E-state index in [0.717, 1.165) is 31.8 Å². The molecule has 2 N–H and O–H groups in total. The lowest BCUT2D eigenvalue weighted by Crippen LogP contribution is -2.24. The van der Waals surface area contributed by atoms with Gasteiger partial charge in [-0.15, -0.1) is 0 Å². The topological polar surface area (TPSA) is 79.3 Å². The Labute approximate surface area is 115 Å². The van der Waals surface area contributed by atoms with Crippen LogP contribution < -0.4 is 5.32 Å². The Hall–Kier alpha value is -1.69. The van der Waals surface area contributed by atoms with Gasteiger partial charge in [-0.1, -0.05) is 30.6 Å². The highest BCUT2D eigenvalue weighted by Gasteiger charge is 2.21. The highest BCUT2D eigenvalue weighted by molar-refractivity contribution is 7.16. The number of nitrogens with one attached hydrogen (secondary N) is 1. The van der Waals surface area contributed by atoms with Crippen molar-refractivity contribution in [1.82, 2.24) is 4.98 Å². The van der Waals surface area contributed by atoms with E-state index in [2.05, 4.69) is 10.3 Å². The molecule has 19 heavy (non-hydrogen) atoms. The number of amides is 1. The number of aliphatic carboxylic acids is 1. The summed E-state index contributed by atoms with van der Waals surface area (Å²) in [6, 6.07) is 0. The van der Waals surface area contributed by atoms with Gasteiger partial charge in [0.1, 0.15) is 0 Å². The second-order valence-corrected chi connectivity index (χ2v) is 5.63. The molecule has 1 aromatic rings. The van der Waals surface area contributed by atoms with Crippen LogP contribution in [0.5, 0.6) is 0 Å². The number of thiazole rings is 1. The van der Waals surface area contributed by atoms with E-state index >= 15 is 0 Å². The Morgan fingerprint density at radius 1 is 1.37 bits per heavy atom. The fraction of sp³-hybridized carbons (Fsp3) is 0.462. The van der Waals surface area contributed by atoms with Crippen LogP contribution in [-0.2, 0) is 9.59 Å². The maximum Gasteiger partial charge on any atom is 0.328 e. The van der Waals surface area contributed by atoms with Crippen LogP contribution >= 0.6 is 11.3 Å². The lowest BCUT2D eigenvalue weighted by atomic mass is 9.89. The number of anilines is 1. The van der Waals surface area contributed by atoms with Gasteiger partial charge < -0.3 is 10.4 Å². The molecule has 1 saturated carbocycles. The largest absolute Gasteiger partial charge is 0.478 e. The molecular formula is C13H16N2O3S. The number of hydrogen-bond acceptors (Lipinski definition) is 4. The molecule has 102 valence electrons. The molecule has 0 bridgehead atoms. The number of rotatable bonds is 4. The van der Waals surface area contributed by atoms with Crippen LogP contribution in [0, 0.1) is 5.92 Å². The Morgan fingerprint density at radius 3 is 2.79 bits per heavy atom. The van der Waals surface area contributed by atoms with Crippen LogP contribution in [0.15, 0.2) is 12.3 Å². The van der Waals surface area contributed by atoms with E-state index in [1.54, 1.807) is 6.20 Å². The monoisotopic (exact) mass is 280 g/mol. The fourth-order valence-corrected chi connectivity index (χ4v) is 2.87. The van der Waals surface area contributed by atoms with Gasteiger partial charge in [-0.25, -0.2) is 9.78 Å². The molecule has 0 aromatic carbocycles. The predicted molar refractivity (Wildman–Crippen MR) is 74.0 cm³/mol. The summed E-state index contributed by atoms with van der Waals surface area (Å²) in [6.07, 6.45) is 9.42. The van der Waals surface area contributed by atoms with Crippen molar-refractivity contribution in [2.45, 2.75) is 32.1 Å². The summed E-state index contributed by atoms with van der Waals surface area (Å²) in [7, 11) is 0. The lowest BCUT2D eigenvalue weighted by Gasteiger charge is -2.19. The second-order valence-electron chi connectivity index (χ2n) is 4.56. The molecule has 0 saturated heterocycles. The van der Waals surface area contributed by atoms with Crippen molar-refractivity contribution in [3.8, 4) is 0 Å². The molecule has 0 spiro atoms. The number of aromatic nitrogens is 1. The zero-order chi connectivity index (χ0) is 13.7. The molecule has 1 aliphatic carbocycles. The first-order chi connectivity index (χ1) is 9.15. The summed E-state index contributed by atoms with van der Waals surface area (Å²) in [4.78, 5) is 27.2. The van der Waals surface area contributed by atoms with E-state index in [1.807, 2.05) is 0 Å². The number of nitrogens with zero attached hydrogens (tertiary/aromatic N) is 1. The van der Waals surface area contributed by atoms with Gasteiger partial charge in [-0.2, -0.15) is 0 Å². The van der Waals surface area contributed by atoms with E-state index in [0.29, 0.717) is 10.0 Å². The van der Waals surface area contributed by atoms with Gasteiger partial charge in [-0.05, 0) is 18.9 Å². The van der Waals surface area contributed by atoms with Gasteiger partial charge >= 0.3 is 5.97 Å². The molecule has 2 rings (SSSR count). The summed E-state index contributed by atoms with van der Waals surface area (Å²) < 4.78 is 0. The van der Waals surface area contributed by atoms with Crippen LogP contribution in [-0.4, -0.2) is 22.0 Å². The quantitative estimate of drug-likeness (QED) is 0.831. The third-order valence-corrected chi connectivity index (χ3v) is 4.00. The van der Waals surface area contributed by atoms with Crippen LogP contribution in [0.4, 0.5) is 5.13 Å². The lowest BCUT2D eigenvalue weighted by molar-refractivity contribution is -0.131. The molecule has 1 aliphatic rings. The average Bonchev–Trinajstić information content (AvgIpc) is 2.85. The number of hydrogen-bond donors (Lipinski definition) is 2. The normalized spacial score (nSPS) is 16.6. The summed E-state index contributed by atoms with van der Waals surface area (Å²) in [5.74, 6) is -0.875. The van der Waals surface area contributed by atoms with E-state index in [-0.39, 0.29) is 11.8 Å². The van der Waals surface area contributed by atoms with Gasteiger partial charge in [0.05, 0.1) is 0 Å². The number of carboxylic acid groups (broad SMARTS) is 1. The highest BCUT2D eigenvalue weighted by atomic mass is 32.1. The molecule has 0 atom stereocenters. The molecule has 1 amide bonds. The molecule has 1 aromatic heterocycles. The summed E-state index contributed by atoms with van der Waals surface area (Å²) in [5, 5.41) is 11.9. The first kappa shape index (κ1) is 13.7. The van der Waals surface area contributed by atoms with E-state index < -0.39 is 5.97 Å². The Balaban J connectivity index is 1.92. The Kier molecular flexibility index (Phi) is 4.68. The molecule has 1 fully saturated rings. The van der Waals surface area contributed by atoms with Crippen molar-refractivity contribution >= 4 is 34.4 Å². The summed E-state index contributed by atoms with van der Waals surface area (Å²) in [6.45, 7) is 0. The predicted octanol–water partition coefficient (Wildman–Crippen LogP) is 2.76. The van der Waals surface area contributed by atoms with Crippen LogP contribution in [0.2, 0.25) is 0 Å². The Bertz CT molecular complexity index is 490. The van der Waals surface area contributed by atoms with Crippen molar-refractivity contribution in [1.29, 1.82) is 0 Å². The first-order valence-electron chi connectivity index (χ1n) is 6.33. The maximum atomic E-state index is 12.0. The minimum Gasteiger partial charge on any atom is -0.478 e. The SMILES string of the molecule is O=C(O)/C=C/c1cnc(NC(=O)C2CCCCC2)s1. The van der Waals surface area contributed by atoms with Gasteiger partial charge in [0.25, 0.3) is 0 Å². The smallest absolute Gasteiger partial charge is 0.328 e. The fourth-order valence-electron chi connectivity index (χ4n) is 2.15. The summed E-state index contributed by atoms with van der Waals surface area (Å²) >= 11 is 1.27. The molecule has 1 heterocycles. The molecule has 0 aliphatic heterocycles. The third-order valence-electron chi connectivity index (χ3n) is 3.12. The van der Waals surface area contributed by atoms with E-state index in [9.17, 15) is 9.59 Å². The van der Waals surface area contributed by atoms with Gasteiger partial charge in [0.15, 0.2) is 5.13 Å². The van der Waals surface area contributed by atoms with Crippen molar-refractivity contribution in [2.24, 2.45) is 5.92 Å². The van der Waals surface area contributed by atoms with Gasteiger partial charge in [0.2, 0.25) is 5.91 Å². The van der Waals surface area contributed by atoms with Crippen molar-refractivity contribution < 1.29 is 14.7 Å². The first-order valence-corrected chi connectivity index (χ1v) is 7.14. The molecule has 5 nitrogen and oxygen atoms in total. The molecule has 0 radical (unpaired) electrons. The summed E-state index contributed by atoms with van der Waals surface area (Å²) in [5.41, 5.74) is 0. The Morgan fingerprint density at radius 2 is 2.11 bits per heavy atom. The number of carbonyl (C=O) groups excluding carboxylic acids is 1.